The van der Waals surface area contributed by atoms with Crippen molar-refractivity contribution in [3.63, 3.8) is 0 Å². The minimum Gasteiger partial charge on any atom is -0.325 e. The van der Waals surface area contributed by atoms with Gasteiger partial charge in [0.25, 0.3) is 0 Å². The Hall–Kier alpha value is -0.520. The molecule has 0 unspecified atom stereocenters. The molecule has 0 aromatic carbocycles. The maximum atomic E-state index is 6.38. The molecule has 0 bridgehead atoms. The van der Waals surface area contributed by atoms with Crippen molar-refractivity contribution in [3.8, 4) is 12.3 Å². The van der Waals surface area contributed by atoms with Crippen LogP contribution in [0, 0.1) is 12.3 Å². The van der Waals surface area contributed by atoms with Crippen molar-refractivity contribution in [2.75, 3.05) is 19.6 Å². The SMILES string of the molecule is C#CCN(CC)CCC1(N)CCCCC1. The standard InChI is InChI=1S/C13H24N2/c1-3-11-15(4-2)12-10-13(14)8-6-5-7-9-13/h1H,4-12,14H2,2H3. The van der Waals surface area contributed by atoms with Crippen LogP contribution in [0.3, 0.4) is 0 Å². The van der Waals surface area contributed by atoms with Crippen LogP contribution in [0.5, 0.6) is 0 Å². The lowest BCUT2D eigenvalue weighted by atomic mass is 9.80. The minimum absolute atomic E-state index is 0.0975. The second kappa shape index (κ2) is 6.15. The van der Waals surface area contributed by atoms with Gasteiger partial charge in [0.2, 0.25) is 0 Å². The van der Waals surface area contributed by atoms with E-state index < -0.39 is 0 Å². The van der Waals surface area contributed by atoms with Gasteiger partial charge in [-0.15, -0.1) is 6.42 Å². The first-order valence-electron chi connectivity index (χ1n) is 6.15. The van der Waals surface area contributed by atoms with Crippen LogP contribution in [0.1, 0.15) is 45.4 Å². The molecule has 0 spiro atoms. The van der Waals surface area contributed by atoms with Gasteiger partial charge in [0.15, 0.2) is 0 Å². The van der Waals surface area contributed by atoms with Gasteiger partial charge >= 0.3 is 0 Å². The summed E-state index contributed by atoms with van der Waals surface area (Å²) in [4.78, 5) is 2.29. The molecule has 15 heavy (non-hydrogen) atoms. The number of hydrogen-bond acceptors (Lipinski definition) is 2. The van der Waals surface area contributed by atoms with E-state index in [1.54, 1.807) is 0 Å². The summed E-state index contributed by atoms with van der Waals surface area (Å²) < 4.78 is 0. The molecule has 0 aromatic heterocycles. The van der Waals surface area contributed by atoms with Gasteiger partial charge in [0.05, 0.1) is 6.54 Å². The van der Waals surface area contributed by atoms with Crippen LogP contribution < -0.4 is 5.73 Å². The van der Waals surface area contributed by atoms with Gasteiger partial charge < -0.3 is 5.73 Å². The first-order chi connectivity index (χ1) is 7.20. The molecular weight excluding hydrogens is 184 g/mol. The minimum atomic E-state index is 0.0975. The maximum Gasteiger partial charge on any atom is 0.0598 e. The second-order valence-electron chi connectivity index (χ2n) is 4.75. The molecule has 86 valence electrons. The normalized spacial score (nSPS) is 20.1. The van der Waals surface area contributed by atoms with Gasteiger partial charge in [0, 0.05) is 12.1 Å². The molecule has 0 amide bonds. The Morgan fingerprint density at radius 1 is 1.33 bits per heavy atom. The molecule has 0 atom stereocenters. The Kier molecular flexibility index (Phi) is 5.14. The molecule has 0 heterocycles. The number of rotatable bonds is 5. The quantitative estimate of drug-likeness (QED) is 0.700. The maximum absolute atomic E-state index is 6.38. The fourth-order valence-electron chi connectivity index (χ4n) is 2.36. The van der Waals surface area contributed by atoms with E-state index >= 15 is 0 Å². The third-order valence-corrected chi connectivity index (χ3v) is 3.54. The molecule has 2 N–H and O–H groups in total. The molecule has 0 radical (unpaired) electrons. The Morgan fingerprint density at radius 2 is 2.00 bits per heavy atom. The first-order valence-corrected chi connectivity index (χ1v) is 6.15. The zero-order chi connectivity index (χ0) is 11.1. The van der Waals surface area contributed by atoms with Crippen LogP contribution in [0.25, 0.3) is 0 Å². The highest BCUT2D eigenvalue weighted by Crippen LogP contribution is 2.28. The van der Waals surface area contributed by atoms with Crippen LogP contribution in [0.2, 0.25) is 0 Å². The first kappa shape index (κ1) is 12.5. The molecule has 2 nitrogen and oxygen atoms in total. The van der Waals surface area contributed by atoms with Crippen LogP contribution >= 0.6 is 0 Å². The zero-order valence-electron chi connectivity index (χ0n) is 9.97. The van der Waals surface area contributed by atoms with E-state index in [0.29, 0.717) is 0 Å². The van der Waals surface area contributed by atoms with E-state index in [4.69, 9.17) is 12.2 Å². The van der Waals surface area contributed by atoms with Gasteiger partial charge in [-0.1, -0.05) is 32.1 Å². The smallest absolute Gasteiger partial charge is 0.0598 e. The van der Waals surface area contributed by atoms with Gasteiger partial charge in [-0.05, 0) is 25.8 Å². The molecule has 1 fully saturated rings. The Bertz CT molecular complexity index is 211. The summed E-state index contributed by atoms with van der Waals surface area (Å²) >= 11 is 0. The van der Waals surface area contributed by atoms with E-state index in [-0.39, 0.29) is 5.54 Å². The van der Waals surface area contributed by atoms with E-state index in [2.05, 4.69) is 17.7 Å². The summed E-state index contributed by atoms with van der Waals surface area (Å²) in [5.74, 6) is 2.70. The Balaban J connectivity index is 2.30. The van der Waals surface area contributed by atoms with Crippen molar-refractivity contribution in [2.24, 2.45) is 5.73 Å². The lowest BCUT2D eigenvalue weighted by Gasteiger charge is -2.35. The predicted molar refractivity (Wildman–Crippen MR) is 65.6 cm³/mol. The molecule has 1 saturated carbocycles. The number of hydrogen-bond donors (Lipinski definition) is 1. The topological polar surface area (TPSA) is 29.3 Å². The lowest BCUT2D eigenvalue weighted by molar-refractivity contribution is 0.226. The third-order valence-electron chi connectivity index (χ3n) is 3.54. The second-order valence-corrected chi connectivity index (χ2v) is 4.75. The van der Waals surface area contributed by atoms with Crippen LogP contribution in [0.15, 0.2) is 0 Å². The molecule has 1 aliphatic rings. The highest BCUT2D eigenvalue weighted by atomic mass is 15.1. The van der Waals surface area contributed by atoms with Gasteiger partial charge in [-0.25, -0.2) is 0 Å². The molecule has 0 aromatic rings. The Morgan fingerprint density at radius 3 is 2.53 bits per heavy atom. The van der Waals surface area contributed by atoms with Crippen molar-refractivity contribution in [3.05, 3.63) is 0 Å². The van der Waals surface area contributed by atoms with E-state index in [9.17, 15) is 0 Å². The van der Waals surface area contributed by atoms with Crippen molar-refractivity contribution in [2.45, 2.75) is 51.0 Å². The largest absolute Gasteiger partial charge is 0.325 e. The van der Waals surface area contributed by atoms with E-state index in [1.807, 2.05) is 0 Å². The number of nitrogens with two attached hydrogens (primary N) is 1. The predicted octanol–water partition coefficient (Wildman–Crippen LogP) is 1.99. The van der Waals surface area contributed by atoms with Crippen molar-refractivity contribution in [1.82, 2.24) is 4.90 Å². The molecule has 1 aliphatic carbocycles. The van der Waals surface area contributed by atoms with Crippen molar-refractivity contribution < 1.29 is 0 Å². The van der Waals surface area contributed by atoms with Crippen LogP contribution in [0.4, 0.5) is 0 Å². The fraction of sp³-hybridized carbons (Fsp3) is 0.846. The fourth-order valence-corrected chi connectivity index (χ4v) is 2.36. The summed E-state index contributed by atoms with van der Waals surface area (Å²) in [7, 11) is 0. The van der Waals surface area contributed by atoms with Gasteiger partial charge in [-0.2, -0.15) is 0 Å². The van der Waals surface area contributed by atoms with Crippen molar-refractivity contribution in [1.29, 1.82) is 0 Å². The van der Waals surface area contributed by atoms with Crippen LogP contribution in [-0.4, -0.2) is 30.1 Å². The monoisotopic (exact) mass is 208 g/mol. The summed E-state index contributed by atoms with van der Waals surface area (Å²) in [6.45, 7) is 4.99. The van der Waals surface area contributed by atoms with Crippen molar-refractivity contribution >= 4 is 0 Å². The van der Waals surface area contributed by atoms with Crippen LogP contribution in [-0.2, 0) is 0 Å². The lowest BCUT2D eigenvalue weighted by Crippen LogP contribution is -2.44. The highest BCUT2D eigenvalue weighted by Gasteiger charge is 2.27. The highest BCUT2D eigenvalue weighted by molar-refractivity contribution is 4.91. The average molecular weight is 208 g/mol. The average Bonchev–Trinajstić information content (AvgIpc) is 2.25. The molecule has 1 rings (SSSR count). The molecular formula is C13H24N2. The van der Waals surface area contributed by atoms with Gasteiger partial charge in [0.1, 0.15) is 0 Å². The summed E-state index contributed by atoms with van der Waals surface area (Å²) in [6.07, 6.45) is 12.8. The molecule has 0 aliphatic heterocycles. The summed E-state index contributed by atoms with van der Waals surface area (Å²) in [6, 6.07) is 0. The third kappa shape index (κ3) is 4.24. The van der Waals surface area contributed by atoms with Gasteiger partial charge in [-0.3, -0.25) is 4.90 Å². The van der Waals surface area contributed by atoms with E-state index in [0.717, 1.165) is 26.1 Å². The molecule has 0 saturated heterocycles. The zero-order valence-corrected chi connectivity index (χ0v) is 9.97. The summed E-state index contributed by atoms with van der Waals surface area (Å²) in [5.41, 5.74) is 6.48. The molecule has 2 heteroatoms. The number of nitrogens with zero attached hydrogens (tertiary/aromatic N) is 1. The Labute approximate surface area is 94.2 Å². The summed E-state index contributed by atoms with van der Waals surface area (Å²) in [5, 5.41) is 0. The van der Waals surface area contributed by atoms with E-state index in [1.165, 1.54) is 32.1 Å². The number of terminal acetylenes is 1.